The Hall–Kier alpha value is 0.742. The molecule has 4 heterocycles. The normalized spacial score (nSPS) is 25.3. The van der Waals surface area contributed by atoms with Crippen LogP contribution in [0.25, 0.3) is 10.9 Å². The fourth-order valence-corrected chi connectivity index (χ4v) is 4.44. The predicted molar refractivity (Wildman–Crippen MR) is 109 cm³/mol. The van der Waals surface area contributed by atoms with Crippen molar-refractivity contribution in [3.63, 3.8) is 0 Å². The summed E-state index contributed by atoms with van der Waals surface area (Å²) in [7, 11) is -3.01. The number of aliphatic hydroxyl groups excluding tert-OH is 1. The van der Waals surface area contributed by atoms with E-state index in [0.717, 1.165) is 41.7 Å². The number of nitrogens with zero attached hydrogens (tertiary/aromatic N) is 2. The first-order chi connectivity index (χ1) is 13.7. The number of rotatable bonds is 4. The summed E-state index contributed by atoms with van der Waals surface area (Å²) in [4.78, 5) is 6.86. The van der Waals surface area contributed by atoms with E-state index in [-0.39, 0.29) is 98.9 Å². The molecule has 5 atom stereocenters. The number of pyridine rings is 1. The van der Waals surface area contributed by atoms with Gasteiger partial charge >= 0.3 is 79.3 Å². The summed E-state index contributed by atoms with van der Waals surface area (Å²) in [6.45, 7) is 6.07. The average Bonchev–Trinajstić information content (AvgIpc) is 2.71. The van der Waals surface area contributed by atoms with E-state index in [9.17, 15) is 5.11 Å². The van der Waals surface area contributed by atoms with Crippen LogP contribution in [0.15, 0.2) is 43.1 Å². The van der Waals surface area contributed by atoms with E-state index in [1.165, 1.54) is 6.42 Å². The summed E-state index contributed by atoms with van der Waals surface area (Å²) >= 11 is 0. The second-order valence-electron chi connectivity index (χ2n) is 7.42. The number of fused-ring (bicyclic) bond motifs is 4. The van der Waals surface area contributed by atoms with Gasteiger partial charge in [-0.15, -0.1) is 6.58 Å². The standard InChI is InChI=1S/C20H24N2O2.Cs.HI.H2O4S/c1-3-13-12-22-9-7-14(13)10-19(22)20(23)16-6-8-21-18-5-4-15(24-2)11-17(16)18;;;1-5(2,3)4/h3-6,8,11,13-14,19-20,23H,1,7,9-10,12H2,2H3;;1H;(H2,1,2,3,4)/q;+1;;/p-1/t13-,14-,19-,20+;;;/m0.../s1. The van der Waals surface area contributed by atoms with Crippen LogP contribution in [0.5, 0.6) is 5.75 Å². The molecule has 2 bridgehead atoms. The van der Waals surface area contributed by atoms with E-state index in [1.807, 2.05) is 24.3 Å². The van der Waals surface area contributed by atoms with Gasteiger partial charge in [-0.25, -0.2) is 0 Å². The molecule has 0 amide bonds. The molecule has 3 N–H and O–H groups in total. The summed E-state index contributed by atoms with van der Waals surface area (Å²) in [5.41, 5.74) is 1.85. The van der Waals surface area contributed by atoms with Gasteiger partial charge < -0.3 is 33.8 Å². The molecule has 3 aliphatic heterocycles. The van der Waals surface area contributed by atoms with Crippen LogP contribution in [0.1, 0.15) is 24.5 Å². The topological polar surface area (TPSA) is 120 Å². The minimum atomic E-state index is -4.67. The van der Waals surface area contributed by atoms with Gasteiger partial charge in [0.2, 0.25) is 0 Å². The van der Waals surface area contributed by atoms with E-state index in [1.54, 1.807) is 13.3 Å². The Morgan fingerprint density at radius 1 is 1.32 bits per heavy atom. The van der Waals surface area contributed by atoms with Crippen LogP contribution in [0, 0.1) is 11.8 Å². The smallest absolute Gasteiger partial charge is 1.00 e. The summed E-state index contributed by atoms with van der Waals surface area (Å²) in [5, 5.41) is 12.1. The van der Waals surface area contributed by atoms with Gasteiger partial charge in [0.25, 0.3) is 0 Å². The molecule has 0 radical (unpaired) electrons. The van der Waals surface area contributed by atoms with Gasteiger partial charge in [-0.3, -0.25) is 19.0 Å². The minimum Gasteiger partial charge on any atom is -1.00 e. The molecular weight excluding hydrogens is 656 g/mol. The Morgan fingerprint density at radius 3 is 2.55 bits per heavy atom. The van der Waals surface area contributed by atoms with Crippen LogP contribution in [-0.4, -0.2) is 58.8 Å². The molecule has 3 saturated heterocycles. The van der Waals surface area contributed by atoms with Crippen molar-refractivity contribution in [2.24, 2.45) is 11.8 Å². The largest absolute Gasteiger partial charge is 1.00 e. The molecule has 1 unspecified atom stereocenters. The molecule has 11 heteroatoms. The first kappa shape index (κ1) is 29.8. The number of hydrogen-bond acceptors (Lipinski definition) is 6. The Balaban J connectivity index is 0.000000622. The van der Waals surface area contributed by atoms with Gasteiger partial charge in [0.1, 0.15) is 5.75 Å². The third-order valence-electron chi connectivity index (χ3n) is 5.82. The van der Waals surface area contributed by atoms with Crippen LogP contribution in [0.2, 0.25) is 0 Å². The minimum absolute atomic E-state index is 0. The number of benzene rings is 1. The zero-order valence-corrected chi connectivity index (χ0v) is 26.8. The van der Waals surface area contributed by atoms with Crippen LogP contribution in [-0.2, 0) is 10.4 Å². The van der Waals surface area contributed by atoms with E-state index in [4.69, 9.17) is 22.3 Å². The molecule has 0 spiro atoms. The fourth-order valence-electron chi connectivity index (χ4n) is 4.44. The molecule has 31 heavy (non-hydrogen) atoms. The van der Waals surface area contributed by atoms with Crippen molar-refractivity contribution in [3.8, 4) is 5.75 Å². The van der Waals surface area contributed by atoms with Gasteiger partial charge in [0, 0.05) is 24.2 Å². The van der Waals surface area contributed by atoms with Crippen molar-refractivity contribution in [1.82, 2.24) is 9.88 Å². The fraction of sp³-hybridized carbons (Fsp3) is 0.450. The molecular formula is C20H26CsIN2O6S. The SMILES string of the molecule is C=C[C@H]1CN2CC[C@H]1C[C@H]2[C@H](O)c1ccnc2ccc(OC)cc12.O=S(=O)(O)O.[Cs+].[I-]. The van der Waals surface area contributed by atoms with Crippen molar-refractivity contribution in [2.75, 3.05) is 20.2 Å². The second-order valence-corrected chi connectivity index (χ2v) is 8.32. The van der Waals surface area contributed by atoms with E-state index in [2.05, 4.69) is 22.5 Å². The Bertz CT molecular complexity index is 985. The van der Waals surface area contributed by atoms with E-state index < -0.39 is 16.5 Å². The van der Waals surface area contributed by atoms with Crippen LogP contribution in [0.4, 0.5) is 0 Å². The number of methoxy groups -OCH3 is 1. The molecule has 2 aromatic rings. The number of aromatic nitrogens is 1. The van der Waals surface area contributed by atoms with Crippen molar-refractivity contribution in [3.05, 3.63) is 48.7 Å². The summed E-state index contributed by atoms with van der Waals surface area (Å²) in [6.07, 6.45) is 5.62. The van der Waals surface area contributed by atoms with Crippen LogP contribution < -0.4 is 97.6 Å². The van der Waals surface area contributed by atoms with E-state index >= 15 is 0 Å². The maximum atomic E-state index is 11.2. The molecule has 5 rings (SSSR count). The molecule has 1 aromatic carbocycles. The number of piperidine rings is 3. The number of halogens is 1. The van der Waals surface area contributed by atoms with Gasteiger partial charge in [0.15, 0.2) is 0 Å². The summed E-state index contributed by atoms with van der Waals surface area (Å²) < 4.78 is 36.9. The van der Waals surface area contributed by atoms with Gasteiger partial charge in [-0.2, -0.15) is 8.42 Å². The third kappa shape index (κ3) is 7.89. The molecule has 8 nitrogen and oxygen atoms in total. The number of aliphatic hydroxyl groups is 1. The van der Waals surface area contributed by atoms with Gasteiger partial charge in [0.05, 0.1) is 18.7 Å². The van der Waals surface area contributed by atoms with Crippen molar-refractivity contribution in [2.45, 2.75) is 25.0 Å². The van der Waals surface area contributed by atoms with Crippen molar-refractivity contribution >= 4 is 21.3 Å². The van der Waals surface area contributed by atoms with E-state index in [0.29, 0.717) is 11.8 Å². The summed E-state index contributed by atoms with van der Waals surface area (Å²) in [6, 6.07) is 7.96. The van der Waals surface area contributed by atoms with Gasteiger partial charge in [-0.1, -0.05) is 6.08 Å². The molecule has 3 aliphatic rings. The second kappa shape index (κ2) is 13.0. The predicted octanol–water partition coefficient (Wildman–Crippen LogP) is -3.47. The Kier molecular flexibility index (Phi) is 12.5. The van der Waals surface area contributed by atoms with Crippen molar-refractivity contribution in [1.29, 1.82) is 0 Å². The number of hydrogen-bond donors (Lipinski definition) is 3. The third-order valence-corrected chi connectivity index (χ3v) is 5.82. The number of ether oxygens (including phenoxy) is 1. The van der Waals surface area contributed by atoms with Crippen LogP contribution in [0.3, 0.4) is 0 Å². The maximum absolute atomic E-state index is 11.2. The monoisotopic (exact) mass is 682 g/mol. The summed E-state index contributed by atoms with van der Waals surface area (Å²) in [5.74, 6) is 2.01. The molecule has 0 aliphatic carbocycles. The first-order valence-electron chi connectivity index (χ1n) is 9.38. The molecule has 1 aromatic heterocycles. The van der Waals surface area contributed by atoms with Crippen molar-refractivity contribution < 1.29 is 120 Å². The molecule has 0 saturated carbocycles. The molecule has 166 valence electrons. The zero-order valence-electron chi connectivity index (χ0n) is 17.6. The van der Waals surface area contributed by atoms with Gasteiger partial charge in [-0.05, 0) is 61.1 Å². The quantitative estimate of drug-likeness (QED) is 0.173. The Labute approximate surface area is 258 Å². The van der Waals surface area contributed by atoms with Crippen LogP contribution >= 0.6 is 0 Å². The first-order valence-corrected chi connectivity index (χ1v) is 10.8. The molecule has 3 fully saturated rings. The maximum Gasteiger partial charge on any atom is 1.00 e. The zero-order chi connectivity index (χ0) is 21.2. The Morgan fingerprint density at radius 2 is 2.00 bits per heavy atom. The average molecular weight is 682 g/mol.